The average molecular weight is 262 g/mol. The van der Waals surface area contributed by atoms with Gasteiger partial charge in [-0.15, -0.1) is 22.9 Å². The molecule has 1 nitrogen and oxygen atoms in total. The van der Waals surface area contributed by atoms with Crippen LogP contribution in [-0.2, 0) is 5.88 Å². The number of alkyl halides is 1. The normalized spacial score (nSPS) is 10.6. The van der Waals surface area contributed by atoms with E-state index >= 15 is 0 Å². The fourth-order valence-electron chi connectivity index (χ4n) is 1.27. The Balaban J connectivity index is 2.53. The van der Waals surface area contributed by atoms with Gasteiger partial charge < -0.3 is 0 Å². The van der Waals surface area contributed by atoms with E-state index in [2.05, 4.69) is 4.98 Å². The first-order valence-corrected chi connectivity index (χ1v) is 5.90. The molecule has 0 bridgehead atoms. The Kier molecular flexibility index (Phi) is 3.24. The Hall–Kier alpha value is -0.640. The fourth-order valence-corrected chi connectivity index (χ4v) is 2.68. The quantitative estimate of drug-likeness (QED) is 0.733. The van der Waals surface area contributed by atoms with E-state index in [4.69, 9.17) is 23.2 Å². The van der Waals surface area contributed by atoms with Crippen molar-refractivity contribution < 1.29 is 4.39 Å². The molecule has 0 fully saturated rings. The summed E-state index contributed by atoms with van der Waals surface area (Å²) in [5, 5.41) is 0. The van der Waals surface area contributed by atoms with Crippen molar-refractivity contribution in [2.24, 2.45) is 0 Å². The summed E-state index contributed by atoms with van der Waals surface area (Å²) < 4.78 is 13.4. The van der Waals surface area contributed by atoms with Gasteiger partial charge in [0.1, 0.15) is 5.82 Å². The number of hydrogen-bond donors (Lipinski definition) is 0. The van der Waals surface area contributed by atoms with Crippen molar-refractivity contribution >= 4 is 34.5 Å². The highest BCUT2D eigenvalue weighted by Gasteiger charge is 2.11. The first-order valence-electron chi connectivity index (χ1n) is 4.18. The summed E-state index contributed by atoms with van der Waals surface area (Å²) in [6.07, 6.45) is 0. The lowest BCUT2D eigenvalue weighted by molar-refractivity contribution is 0.628. The second kappa shape index (κ2) is 4.47. The van der Waals surface area contributed by atoms with Crippen molar-refractivity contribution in [2.45, 2.75) is 5.88 Å². The van der Waals surface area contributed by atoms with Crippen molar-refractivity contribution in [1.29, 1.82) is 0 Å². The number of rotatable bonds is 2. The molecule has 0 N–H and O–H groups in total. The maximum atomic E-state index is 13.0. The van der Waals surface area contributed by atoms with Gasteiger partial charge in [0.2, 0.25) is 0 Å². The first-order chi connectivity index (χ1) is 7.20. The van der Waals surface area contributed by atoms with Gasteiger partial charge in [-0.05, 0) is 17.7 Å². The minimum absolute atomic E-state index is 0.273. The Morgan fingerprint density at radius 1 is 1.40 bits per heavy atom. The molecule has 2 rings (SSSR count). The molecule has 15 heavy (non-hydrogen) atoms. The number of benzene rings is 1. The maximum Gasteiger partial charge on any atom is 0.184 e. The molecule has 0 radical (unpaired) electrons. The van der Waals surface area contributed by atoms with Crippen LogP contribution in [0.4, 0.5) is 4.39 Å². The molecule has 78 valence electrons. The molecule has 1 aromatic carbocycles. The van der Waals surface area contributed by atoms with Crippen molar-refractivity contribution in [3.63, 3.8) is 0 Å². The molecule has 0 unspecified atom stereocenters. The zero-order valence-electron chi connectivity index (χ0n) is 7.51. The van der Waals surface area contributed by atoms with Crippen molar-refractivity contribution in [1.82, 2.24) is 4.98 Å². The smallest absolute Gasteiger partial charge is 0.184 e. The molecule has 1 aromatic heterocycles. The van der Waals surface area contributed by atoms with Crippen LogP contribution in [0.1, 0.15) is 5.69 Å². The van der Waals surface area contributed by atoms with Crippen molar-refractivity contribution in [3.05, 3.63) is 40.2 Å². The number of nitrogens with zero attached hydrogens (tertiary/aromatic N) is 1. The van der Waals surface area contributed by atoms with E-state index < -0.39 is 0 Å². The molecule has 0 atom stereocenters. The van der Waals surface area contributed by atoms with Crippen LogP contribution in [-0.4, -0.2) is 4.98 Å². The van der Waals surface area contributed by atoms with Crippen LogP contribution in [0.2, 0.25) is 4.47 Å². The zero-order valence-corrected chi connectivity index (χ0v) is 9.83. The maximum absolute atomic E-state index is 13.0. The van der Waals surface area contributed by atoms with E-state index in [0.29, 0.717) is 10.2 Å². The Morgan fingerprint density at radius 3 is 2.87 bits per heavy atom. The van der Waals surface area contributed by atoms with Gasteiger partial charge in [-0.3, -0.25) is 0 Å². The fraction of sp³-hybridized carbons (Fsp3) is 0.100. The predicted molar refractivity (Wildman–Crippen MR) is 62.1 cm³/mol. The van der Waals surface area contributed by atoms with E-state index in [1.807, 2.05) is 6.07 Å². The Labute approximate surface area is 100 Å². The van der Waals surface area contributed by atoms with Crippen molar-refractivity contribution in [2.75, 3.05) is 0 Å². The summed E-state index contributed by atoms with van der Waals surface area (Å²) in [7, 11) is 0. The van der Waals surface area contributed by atoms with Gasteiger partial charge in [0.05, 0.1) is 16.5 Å². The minimum Gasteiger partial charge on any atom is -0.228 e. The van der Waals surface area contributed by atoms with Crippen LogP contribution >= 0.6 is 34.5 Å². The van der Waals surface area contributed by atoms with Crippen LogP contribution in [0.5, 0.6) is 0 Å². The number of halogens is 3. The lowest BCUT2D eigenvalue weighted by atomic mass is 10.1. The highest BCUT2D eigenvalue weighted by atomic mass is 35.5. The van der Waals surface area contributed by atoms with E-state index in [0.717, 1.165) is 10.4 Å². The third kappa shape index (κ3) is 2.30. The largest absolute Gasteiger partial charge is 0.228 e. The molecule has 0 aliphatic carbocycles. The van der Waals surface area contributed by atoms with Gasteiger partial charge in [0.25, 0.3) is 0 Å². The van der Waals surface area contributed by atoms with Crippen molar-refractivity contribution in [3.8, 4) is 10.4 Å². The summed E-state index contributed by atoms with van der Waals surface area (Å²) in [4.78, 5) is 4.89. The molecule has 0 saturated heterocycles. The van der Waals surface area contributed by atoms with Gasteiger partial charge in [-0.2, -0.15) is 0 Å². The molecule has 0 aliphatic rings. The highest BCUT2D eigenvalue weighted by molar-refractivity contribution is 7.19. The molecule has 0 saturated carbocycles. The van der Waals surface area contributed by atoms with Crippen LogP contribution in [0, 0.1) is 5.82 Å². The summed E-state index contributed by atoms with van der Waals surface area (Å²) in [5.41, 5.74) is 1.45. The second-order valence-corrected chi connectivity index (χ2v) is 4.74. The zero-order chi connectivity index (χ0) is 10.8. The molecular formula is C10H6Cl2FNS. The monoisotopic (exact) mass is 261 g/mol. The molecule has 0 amide bonds. The van der Waals surface area contributed by atoms with E-state index in [-0.39, 0.29) is 11.7 Å². The molecule has 5 heteroatoms. The van der Waals surface area contributed by atoms with Gasteiger partial charge in [-0.1, -0.05) is 23.7 Å². The number of aromatic nitrogens is 1. The molecular weight excluding hydrogens is 256 g/mol. The Bertz CT molecular complexity index is 484. The van der Waals surface area contributed by atoms with E-state index in [1.54, 1.807) is 6.07 Å². The highest BCUT2D eigenvalue weighted by Crippen LogP contribution is 2.33. The van der Waals surface area contributed by atoms with Crippen LogP contribution < -0.4 is 0 Å². The summed E-state index contributed by atoms with van der Waals surface area (Å²) in [6.45, 7) is 0. The molecule has 0 aliphatic heterocycles. The minimum atomic E-state index is -0.280. The average Bonchev–Trinajstić information content (AvgIpc) is 2.59. The topological polar surface area (TPSA) is 12.9 Å². The summed E-state index contributed by atoms with van der Waals surface area (Å²) >= 11 is 12.8. The molecule has 1 heterocycles. The van der Waals surface area contributed by atoms with E-state index in [1.165, 1.54) is 23.5 Å². The standard InChI is InChI=1S/C10H6Cl2FNS/c11-5-8-9(15-10(12)14-8)6-2-1-3-7(13)4-6/h1-4H,5H2. The van der Waals surface area contributed by atoms with Gasteiger partial charge in [0.15, 0.2) is 4.47 Å². The first kappa shape index (κ1) is 10.9. The lowest BCUT2D eigenvalue weighted by Gasteiger charge is -1.99. The SMILES string of the molecule is Fc1cccc(-c2sc(Cl)nc2CCl)c1. The second-order valence-electron chi connectivity index (χ2n) is 2.89. The van der Waals surface area contributed by atoms with Gasteiger partial charge >= 0.3 is 0 Å². The van der Waals surface area contributed by atoms with Gasteiger partial charge in [0, 0.05) is 0 Å². The third-order valence-electron chi connectivity index (χ3n) is 1.88. The van der Waals surface area contributed by atoms with E-state index in [9.17, 15) is 4.39 Å². The molecule has 0 spiro atoms. The number of thiazole rings is 1. The van der Waals surface area contributed by atoms with Gasteiger partial charge in [-0.25, -0.2) is 9.37 Å². The summed E-state index contributed by atoms with van der Waals surface area (Å²) in [5.74, 6) is -0.00717. The van der Waals surface area contributed by atoms with Crippen LogP contribution in [0.3, 0.4) is 0 Å². The molecule has 2 aromatic rings. The lowest BCUT2D eigenvalue weighted by Crippen LogP contribution is -1.83. The van der Waals surface area contributed by atoms with Crippen LogP contribution in [0.25, 0.3) is 10.4 Å². The van der Waals surface area contributed by atoms with Crippen LogP contribution in [0.15, 0.2) is 24.3 Å². The number of hydrogen-bond acceptors (Lipinski definition) is 2. The Morgan fingerprint density at radius 2 is 2.20 bits per heavy atom. The third-order valence-corrected chi connectivity index (χ3v) is 3.39. The predicted octanol–water partition coefficient (Wildman–Crippen LogP) is 4.34. The summed E-state index contributed by atoms with van der Waals surface area (Å²) in [6, 6.07) is 6.30.